The Bertz CT molecular complexity index is 1080. The fourth-order valence-corrected chi connectivity index (χ4v) is 3.44. The number of fused-ring (bicyclic) bond motifs is 1. The number of nitrogens with one attached hydrogen (secondary N) is 2. The van der Waals surface area contributed by atoms with Gasteiger partial charge in [-0.05, 0) is 23.8 Å². The first-order chi connectivity index (χ1) is 12.8. The van der Waals surface area contributed by atoms with Crippen LogP contribution in [0.1, 0.15) is 5.56 Å². The van der Waals surface area contributed by atoms with Crippen molar-refractivity contribution in [1.82, 2.24) is 4.98 Å². The summed E-state index contributed by atoms with van der Waals surface area (Å²) in [5.74, 6) is 1.19. The molecule has 0 saturated carbocycles. The molecule has 2 aromatic carbocycles. The van der Waals surface area contributed by atoms with E-state index < -0.39 is 9.73 Å². The van der Waals surface area contributed by atoms with Crippen molar-refractivity contribution in [2.75, 3.05) is 31.5 Å². The molecule has 27 heavy (non-hydrogen) atoms. The molecule has 0 aliphatic heterocycles. The zero-order valence-electron chi connectivity index (χ0n) is 15.4. The molecule has 0 radical (unpaired) electrons. The molecule has 0 fully saturated rings. The molecular weight excluding hydrogens is 364 g/mol. The fourth-order valence-electron chi connectivity index (χ4n) is 2.79. The first kappa shape index (κ1) is 18.8. The first-order valence-corrected chi connectivity index (χ1v) is 10.2. The van der Waals surface area contributed by atoms with E-state index in [1.165, 1.54) is 6.26 Å². The van der Waals surface area contributed by atoms with Crippen LogP contribution in [0.25, 0.3) is 10.9 Å². The molecule has 0 bridgehead atoms. The van der Waals surface area contributed by atoms with Gasteiger partial charge in [-0.25, -0.2) is 8.99 Å². The molecule has 1 atom stereocenters. The molecule has 0 saturated heterocycles. The van der Waals surface area contributed by atoms with Crippen LogP contribution in [-0.4, -0.2) is 29.7 Å². The van der Waals surface area contributed by atoms with Crippen molar-refractivity contribution < 1.29 is 13.7 Å². The molecule has 142 valence electrons. The number of anilines is 2. The Balaban J connectivity index is 1.93. The third kappa shape index (κ3) is 3.90. The molecule has 3 aromatic rings. The van der Waals surface area contributed by atoms with Gasteiger partial charge in [-0.1, -0.05) is 12.1 Å². The Labute approximate surface area is 158 Å². The van der Waals surface area contributed by atoms with E-state index in [1.54, 1.807) is 38.6 Å². The maximum absolute atomic E-state index is 11.8. The molecule has 4 N–H and O–H groups in total. The quantitative estimate of drug-likeness (QED) is 0.598. The minimum Gasteiger partial charge on any atom is -0.493 e. The number of hydrogen-bond acceptors (Lipinski definition) is 7. The van der Waals surface area contributed by atoms with Crippen LogP contribution in [0, 0.1) is 4.78 Å². The molecular formula is C19H22N4O3S. The summed E-state index contributed by atoms with van der Waals surface area (Å²) in [4.78, 5) is 4.88. The smallest absolute Gasteiger partial charge is 0.162 e. The average Bonchev–Trinajstić information content (AvgIpc) is 2.65. The molecule has 0 aliphatic rings. The van der Waals surface area contributed by atoms with Gasteiger partial charge in [0.05, 0.1) is 47.0 Å². The lowest BCUT2D eigenvalue weighted by Gasteiger charge is -2.15. The summed E-state index contributed by atoms with van der Waals surface area (Å²) in [6, 6.07) is 10.8. The van der Waals surface area contributed by atoms with E-state index in [4.69, 9.17) is 20.0 Å². The van der Waals surface area contributed by atoms with Gasteiger partial charge in [-0.2, -0.15) is 0 Å². The number of nitrogens with two attached hydrogens (primary N) is 1. The average molecular weight is 386 g/mol. The van der Waals surface area contributed by atoms with E-state index in [0.29, 0.717) is 28.6 Å². The number of hydrogen-bond donors (Lipinski definition) is 3. The molecule has 0 aliphatic carbocycles. The van der Waals surface area contributed by atoms with Gasteiger partial charge < -0.3 is 20.5 Å². The van der Waals surface area contributed by atoms with Crippen molar-refractivity contribution in [3.05, 3.63) is 48.2 Å². The summed E-state index contributed by atoms with van der Waals surface area (Å²) in [6.45, 7) is 0.515. The van der Waals surface area contributed by atoms with Crippen LogP contribution >= 0.6 is 0 Å². The predicted octanol–water partition coefficient (Wildman–Crippen LogP) is 3.48. The van der Waals surface area contributed by atoms with Gasteiger partial charge in [0, 0.05) is 29.1 Å². The number of rotatable bonds is 6. The number of ether oxygens (including phenoxy) is 2. The van der Waals surface area contributed by atoms with Crippen LogP contribution in [0.2, 0.25) is 0 Å². The summed E-state index contributed by atoms with van der Waals surface area (Å²) in [5, 5.41) is 4.17. The molecule has 7 nitrogen and oxygen atoms in total. The van der Waals surface area contributed by atoms with Crippen LogP contribution in [0.5, 0.6) is 11.5 Å². The third-order valence-electron chi connectivity index (χ3n) is 4.25. The van der Waals surface area contributed by atoms with E-state index in [2.05, 4.69) is 10.3 Å². The fraction of sp³-hybridized carbons (Fsp3) is 0.211. The molecule has 8 heteroatoms. The first-order valence-electron chi connectivity index (χ1n) is 8.20. The number of nitrogens with zero attached hydrogens (tertiary/aromatic N) is 1. The number of pyridine rings is 1. The minimum atomic E-state index is -2.71. The molecule has 0 amide bonds. The summed E-state index contributed by atoms with van der Waals surface area (Å²) in [6.07, 6.45) is 3.01. The molecule has 3 rings (SSSR count). The highest BCUT2D eigenvalue weighted by Crippen LogP contribution is 2.36. The van der Waals surface area contributed by atoms with E-state index in [1.807, 2.05) is 18.2 Å². The van der Waals surface area contributed by atoms with Crippen molar-refractivity contribution in [2.45, 2.75) is 11.4 Å². The van der Waals surface area contributed by atoms with E-state index in [0.717, 1.165) is 22.2 Å². The van der Waals surface area contributed by atoms with Gasteiger partial charge in [0.25, 0.3) is 0 Å². The van der Waals surface area contributed by atoms with Crippen LogP contribution in [0.3, 0.4) is 0 Å². The predicted molar refractivity (Wildman–Crippen MR) is 108 cm³/mol. The van der Waals surface area contributed by atoms with Crippen molar-refractivity contribution in [1.29, 1.82) is 4.78 Å². The maximum Gasteiger partial charge on any atom is 0.162 e. The second-order valence-electron chi connectivity index (χ2n) is 6.15. The van der Waals surface area contributed by atoms with E-state index in [-0.39, 0.29) is 0 Å². The maximum atomic E-state index is 11.8. The number of benzene rings is 2. The summed E-state index contributed by atoms with van der Waals surface area (Å²) in [5.41, 5.74) is 9.13. The van der Waals surface area contributed by atoms with Gasteiger partial charge in [-0.3, -0.25) is 4.98 Å². The van der Waals surface area contributed by atoms with Crippen LogP contribution in [0.4, 0.5) is 11.4 Å². The molecule has 1 heterocycles. The Morgan fingerprint density at radius 3 is 2.37 bits per heavy atom. The summed E-state index contributed by atoms with van der Waals surface area (Å²) >= 11 is 0. The lowest BCUT2D eigenvalue weighted by molar-refractivity contribution is 0.356. The Hall–Kier alpha value is -3.00. The lowest BCUT2D eigenvalue weighted by Crippen LogP contribution is -2.05. The number of methoxy groups -OCH3 is 2. The second kappa shape index (κ2) is 7.32. The Morgan fingerprint density at radius 2 is 1.78 bits per heavy atom. The summed E-state index contributed by atoms with van der Waals surface area (Å²) < 4.78 is 30.1. The van der Waals surface area contributed by atoms with Crippen molar-refractivity contribution in [3.8, 4) is 11.5 Å². The van der Waals surface area contributed by atoms with Crippen molar-refractivity contribution in [3.63, 3.8) is 0 Å². The minimum absolute atomic E-state index is 0.511. The highest BCUT2D eigenvalue weighted by Gasteiger charge is 2.12. The van der Waals surface area contributed by atoms with Crippen LogP contribution in [-0.2, 0) is 16.3 Å². The molecule has 0 spiro atoms. The second-order valence-corrected chi connectivity index (χ2v) is 8.31. The van der Waals surface area contributed by atoms with Crippen LogP contribution in [0.15, 0.2) is 47.5 Å². The zero-order valence-corrected chi connectivity index (χ0v) is 16.2. The van der Waals surface area contributed by atoms with Gasteiger partial charge >= 0.3 is 0 Å². The normalized spacial score (nSPS) is 13.1. The van der Waals surface area contributed by atoms with Crippen molar-refractivity contribution in [2.24, 2.45) is 0 Å². The largest absolute Gasteiger partial charge is 0.493 e. The highest BCUT2D eigenvalue weighted by molar-refractivity contribution is 7.91. The van der Waals surface area contributed by atoms with Gasteiger partial charge in [0.1, 0.15) is 0 Å². The van der Waals surface area contributed by atoms with Crippen molar-refractivity contribution >= 4 is 32.0 Å². The molecule has 1 aromatic heterocycles. The molecule has 1 unspecified atom stereocenters. The van der Waals surface area contributed by atoms with Gasteiger partial charge in [-0.15, -0.1) is 0 Å². The standard InChI is InChI=1S/C19H22N4O3S/c1-25-17-8-14-16(9-18(17)26-2)22-11-15(20)19(14)23-10-12-4-6-13(7-5-12)27(3,21)24/h4-9,11,21H,10,20H2,1-3H3,(H,22,23). The SMILES string of the molecule is COc1cc2ncc(N)c(NCc3ccc(S(C)(=N)=O)cc3)c2cc1OC. The topological polar surface area (TPSA) is 110 Å². The number of aromatic nitrogens is 1. The van der Waals surface area contributed by atoms with E-state index in [9.17, 15) is 4.21 Å². The summed E-state index contributed by atoms with van der Waals surface area (Å²) in [7, 11) is 0.447. The highest BCUT2D eigenvalue weighted by atomic mass is 32.2. The lowest BCUT2D eigenvalue weighted by atomic mass is 10.1. The van der Waals surface area contributed by atoms with E-state index >= 15 is 0 Å². The number of nitrogen functional groups attached to an aromatic ring is 1. The Morgan fingerprint density at radius 1 is 1.15 bits per heavy atom. The van der Waals surface area contributed by atoms with Gasteiger partial charge in [0.2, 0.25) is 0 Å². The van der Waals surface area contributed by atoms with Crippen LogP contribution < -0.4 is 20.5 Å². The van der Waals surface area contributed by atoms with Gasteiger partial charge in [0.15, 0.2) is 11.5 Å². The zero-order chi connectivity index (χ0) is 19.6. The monoisotopic (exact) mass is 386 g/mol. The Kier molecular flexibility index (Phi) is 5.09. The third-order valence-corrected chi connectivity index (χ3v) is 5.42.